The topological polar surface area (TPSA) is 84.3 Å². The second-order valence-electron chi connectivity index (χ2n) is 4.26. The van der Waals surface area contributed by atoms with Gasteiger partial charge in [-0.15, -0.1) is 0 Å². The number of carbonyl (C=O) groups is 1. The van der Waals surface area contributed by atoms with Crippen molar-refractivity contribution >= 4 is 5.97 Å². The predicted molar refractivity (Wildman–Crippen MR) is 61.8 cm³/mol. The van der Waals surface area contributed by atoms with Gasteiger partial charge in [0.25, 0.3) is 0 Å². The smallest absolute Gasteiger partial charge is 0.339 e. The fourth-order valence-corrected chi connectivity index (χ4v) is 1.23. The molecule has 1 heterocycles. The highest BCUT2D eigenvalue weighted by Gasteiger charge is 2.16. The molecule has 94 valence electrons. The molecule has 0 bridgehead atoms. The zero-order valence-corrected chi connectivity index (χ0v) is 10.2. The lowest BCUT2D eigenvalue weighted by atomic mass is 10.1. The summed E-state index contributed by atoms with van der Waals surface area (Å²) in [5.74, 6) is -1.02. The average molecular weight is 239 g/mol. The van der Waals surface area contributed by atoms with Crippen LogP contribution in [0, 0.1) is 0 Å². The number of carboxylic acids is 1. The van der Waals surface area contributed by atoms with Crippen LogP contribution in [-0.4, -0.2) is 40.3 Å². The number of ether oxygens (including phenoxy) is 1. The monoisotopic (exact) mass is 239 g/mol. The highest BCUT2D eigenvalue weighted by Crippen LogP contribution is 2.07. The minimum absolute atomic E-state index is 0.121. The maximum atomic E-state index is 10.9. The first kappa shape index (κ1) is 13.5. The number of methoxy groups -OCH3 is 1. The molecule has 0 radical (unpaired) electrons. The van der Waals surface area contributed by atoms with Gasteiger partial charge in [-0.1, -0.05) is 0 Å². The molecule has 0 aliphatic carbocycles. The van der Waals surface area contributed by atoms with Crippen molar-refractivity contribution in [3.63, 3.8) is 0 Å². The van der Waals surface area contributed by atoms with Crippen molar-refractivity contribution in [1.82, 2.24) is 15.3 Å². The molecule has 0 unspecified atom stereocenters. The number of hydrogen-bond donors (Lipinski definition) is 2. The molecule has 0 aromatic carbocycles. The van der Waals surface area contributed by atoms with E-state index in [1.807, 2.05) is 13.8 Å². The van der Waals surface area contributed by atoms with E-state index in [9.17, 15) is 4.79 Å². The Morgan fingerprint density at radius 3 is 2.88 bits per heavy atom. The molecule has 0 atom stereocenters. The molecule has 6 nitrogen and oxygen atoms in total. The third kappa shape index (κ3) is 4.08. The van der Waals surface area contributed by atoms with Crippen molar-refractivity contribution < 1.29 is 14.6 Å². The second kappa shape index (κ2) is 5.70. The quantitative estimate of drug-likeness (QED) is 0.759. The fraction of sp³-hybridized carbons (Fsp3) is 0.545. The van der Waals surface area contributed by atoms with E-state index < -0.39 is 5.97 Å². The summed E-state index contributed by atoms with van der Waals surface area (Å²) >= 11 is 0. The van der Waals surface area contributed by atoms with Crippen molar-refractivity contribution in [2.24, 2.45) is 0 Å². The van der Waals surface area contributed by atoms with E-state index >= 15 is 0 Å². The predicted octanol–water partition coefficient (Wildman–Crippen LogP) is 0.689. The number of hydrogen-bond acceptors (Lipinski definition) is 5. The SMILES string of the molecule is COC(C)(C)CNCc1ncncc1C(=O)O. The summed E-state index contributed by atoms with van der Waals surface area (Å²) in [4.78, 5) is 18.6. The maximum absolute atomic E-state index is 10.9. The number of nitrogens with zero attached hydrogens (tertiary/aromatic N) is 2. The first-order valence-corrected chi connectivity index (χ1v) is 5.24. The Morgan fingerprint density at radius 2 is 2.29 bits per heavy atom. The summed E-state index contributed by atoms with van der Waals surface area (Å²) in [7, 11) is 1.63. The summed E-state index contributed by atoms with van der Waals surface area (Å²) in [5, 5.41) is 12.0. The number of carboxylic acid groups (broad SMARTS) is 1. The molecule has 0 fully saturated rings. The molecular formula is C11H17N3O3. The van der Waals surface area contributed by atoms with Gasteiger partial charge in [-0.25, -0.2) is 14.8 Å². The Hall–Kier alpha value is -1.53. The minimum Gasteiger partial charge on any atom is -0.478 e. The average Bonchev–Trinajstić information content (AvgIpc) is 2.29. The molecule has 1 rings (SSSR count). The van der Waals surface area contributed by atoms with Gasteiger partial charge in [-0.2, -0.15) is 0 Å². The number of aromatic nitrogens is 2. The van der Waals surface area contributed by atoms with Crippen LogP contribution in [0.3, 0.4) is 0 Å². The lowest BCUT2D eigenvalue weighted by Gasteiger charge is -2.23. The Labute approximate surface area is 100 Å². The van der Waals surface area contributed by atoms with Crippen LogP contribution >= 0.6 is 0 Å². The van der Waals surface area contributed by atoms with Gasteiger partial charge in [-0.3, -0.25) is 0 Å². The Bertz CT molecular complexity index is 393. The molecule has 1 aromatic heterocycles. The number of aromatic carboxylic acids is 1. The molecule has 2 N–H and O–H groups in total. The largest absolute Gasteiger partial charge is 0.478 e. The van der Waals surface area contributed by atoms with Gasteiger partial charge in [0.15, 0.2) is 0 Å². The summed E-state index contributed by atoms with van der Waals surface area (Å²) in [6.45, 7) is 4.86. The summed E-state index contributed by atoms with van der Waals surface area (Å²) in [5.41, 5.74) is 0.297. The van der Waals surface area contributed by atoms with Gasteiger partial charge in [-0.05, 0) is 13.8 Å². The van der Waals surface area contributed by atoms with E-state index in [0.717, 1.165) is 0 Å². The molecule has 0 spiro atoms. The molecule has 6 heteroatoms. The van der Waals surface area contributed by atoms with Gasteiger partial charge in [0, 0.05) is 26.4 Å². The van der Waals surface area contributed by atoms with Crippen molar-refractivity contribution in [2.75, 3.05) is 13.7 Å². The van der Waals surface area contributed by atoms with Gasteiger partial charge >= 0.3 is 5.97 Å². The lowest BCUT2D eigenvalue weighted by Crippen LogP contribution is -2.36. The van der Waals surface area contributed by atoms with Crippen LogP contribution < -0.4 is 5.32 Å². The Morgan fingerprint density at radius 1 is 1.59 bits per heavy atom. The molecule has 0 aliphatic rings. The van der Waals surface area contributed by atoms with Crippen molar-refractivity contribution in [1.29, 1.82) is 0 Å². The summed E-state index contributed by atoms with van der Waals surface area (Å²) < 4.78 is 5.24. The molecule has 17 heavy (non-hydrogen) atoms. The lowest BCUT2D eigenvalue weighted by molar-refractivity contribution is 0.0230. The van der Waals surface area contributed by atoms with Crippen LogP contribution in [0.25, 0.3) is 0 Å². The maximum Gasteiger partial charge on any atom is 0.339 e. The van der Waals surface area contributed by atoms with E-state index in [1.54, 1.807) is 7.11 Å². The molecule has 0 saturated heterocycles. The zero-order chi connectivity index (χ0) is 12.9. The molecule has 0 amide bonds. The number of rotatable bonds is 6. The van der Waals surface area contributed by atoms with Gasteiger partial charge in [0.05, 0.1) is 11.3 Å². The molecule has 0 saturated carbocycles. The second-order valence-corrected chi connectivity index (χ2v) is 4.26. The van der Waals surface area contributed by atoms with E-state index in [1.165, 1.54) is 12.5 Å². The Balaban J connectivity index is 2.61. The van der Waals surface area contributed by atoms with E-state index in [0.29, 0.717) is 18.8 Å². The van der Waals surface area contributed by atoms with Crippen LogP contribution in [0.1, 0.15) is 29.9 Å². The molecular weight excluding hydrogens is 222 g/mol. The van der Waals surface area contributed by atoms with Crippen LogP contribution in [0.15, 0.2) is 12.5 Å². The van der Waals surface area contributed by atoms with Gasteiger partial charge in [0.1, 0.15) is 11.9 Å². The van der Waals surface area contributed by atoms with E-state index in [2.05, 4.69) is 15.3 Å². The zero-order valence-electron chi connectivity index (χ0n) is 10.2. The minimum atomic E-state index is -1.02. The normalized spacial score (nSPS) is 11.5. The highest BCUT2D eigenvalue weighted by molar-refractivity contribution is 5.88. The summed E-state index contributed by atoms with van der Waals surface area (Å²) in [6, 6.07) is 0. The van der Waals surface area contributed by atoms with Crippen LogP contribution in [-0.2, 0) is 11.3 Å². The first-order valence-electron chi connectivity index (χ1n) is 5.24. The molecule has 0 aliphatic heterocycles. The van der Waals surface area contributed by atoms with Crippen molar-refractivity contribution in [3.05, 3.63) is 23.8 Å². The van der Waals surface area contributed by atoms with Gasteiger partial charge in [0.2, 0.25) is 0 Å². The fourth-order valence-electron chi connectivity index (χ4n) is 1.23. The van der Waals surface area contributed by atoms with E-state index in [4.69, 9.17) is 9.84 Å². The van der Waals surface area contributed by atoms with Crippen LogP contribution in [0.2, 0.25) is 0 Å². The highest BCUT2D eigenvalue weighted by atomic mass is 16.5. The summed E-state index contributed by atoms with van der Waals surface area (Å²) in [6.07, 6.45) is 2.64. The first-order chi connectivity index (χ1) is 7.96. The van der Waals surface area contributed by atoms with Crippen LogP contribution in [0.4, 0.5) is 0 Å². The number of nitrogens with one attached hydrogen (secondary N) is 1. The molecule has 1 aromatic rings. The van der Waals surface area contributed by atoms with Crippen molar-refractivity contribution in [2.45, 2.75) is 26.0 Å². The Kier molecular flexibility index (Phi) is 4.53. The van der Waals surface area contributed by atoms with Gasteiger partial charge < -0.3 is 15.2 Å². The standard InChI is InChI=1S/C11H17N3O3/c1-11(2,17-3)6-12-5-9-8(10(15)16)4-13-7-14-9/h4,7,12H,5-6H2,1-3H3,(H,15,16). The van der Waals surface area contributed by atoms with Crippen molar-refractivity contribution in [3.8, 4) is 0 Å². The van der Waals surface area contributed by atoms with E-state index in [-0.39, 0.29) is 11.2 Å². The third-order valence-electron chi connectivity index (χ3n) is 2.42. The van der Waals surface area contributed by atoms with Crippen LogP contribution in [0.5, 0.6) is 0 Å². The third-order valence-corrected chi connectivity index (χ3v) is 2.42.